The van der Waals surface area contributed by atoms with Gasteiger partial charge in [-0.2, -0.15) is 15.8 Å². The Hall–Kier alpha value is -2.31. The Balaban J connectivity index is 2.64. The third kappa shape index (κ3) is 2.04. The quantitative estimate of drug-likeness (QED) is 0.772. The molecule has 0 bridgehead atoms. The molecule has 1 aliphatic rings. The van der Waals surface area contributed by atoms with E-state index in [1.807, 2.05) is 30.3 Å². The second-order valence-electron chi connectivity index (χ2n) is 5.43. The summed E-state index contributed by atoms with van der Waals surface area (Å²) in [4.78, 5) is 0. The molecule has 0 spiro atoms. The topological polar surface area (TPSA) is 71.4 Å². The Morgan fingerprint density at radius 1 is 0.750 bits per heavy atom. The minimum absolute atomic E-state index is 0.475. The van der Waals surface area contributed by atoms with Gasteiger partial charge in [-0.3, -0.25) is 0 Å². The monoisotopic (exact) mass is 263 g/mol. The van der Waals surface area contributed by atoms with E-state index < -0.39 is 10.8 Å². The first-order valence-corrected chi connectivity index (χ1v) is 7.04. The molecule has 1 aromatic carbocycles. The van der Waals surface area contributed by atoms with Crippen LogP contribution in [0, 0.1) is 39.4 Å². The van der Waals surface area contributed by atoms with Crippen LogP contribution in [0.2, 0.25) is 0 Å². The number of hydrogen-bond acceptors (Lipinski definition) is 3. The van der Waals surface area contributed by atoms with Gasteiger partial charge in [0.2, 0.25) is 0 Å². The lowest BCUT2D eigenvalue weighted by Crippen LogP contribution is -2.44. The van der Waals surface area contributed by atoms with Crippen molar-refractivity contribution in [1.29, 1.82) is 15.8 Å². The molecular formula is C17H17N3. The van der Waals surface area contributed by atoms with E-state index in [0.29, 0.717) is 12.8 Å². The number of nitriles is 3. The predicted octanol–water partition coefficient (Wildman–Crippen LogP) is 3.84. The SMILES string of the molecule is N#CC1(C#N)CCCCCCC1(C#N)c1ccccc1. The molecule has 1 saturated carbocycles. The van der Waals surface area contributed by atoms with Gasteiger partial charge < -0.3 is 0 Å². The van der Waals surface area contributed by atoms with Gasteiger partial charge in [-0.25, -0.2) is 0 Å². The third-order valence-electron chi connectivity index (χ3n) is 4.42. The van der Waals surface area contributed by atoms with E-state index in [1.54, 1.807) is 0 Å². The predicted molar refractivity (Wildman–Crippen MR) is 75.1 cm³/mol. The van der Waals surface area contributed by atoms with E-state index in [1.165, 1.54) is 0 Å². The zero-order valence-corrected chi connectivity index (χ0v) is 11.5. The van der Waals surface area contributed by atoms with Crippen molar-refractivity contribution in [2.45, 2.75) is 43.9 Å². The molecule has 3 heteroatoms. The highest BCUT2D eigenvalue weighted by Gasteiger charge is 2.54. The molecule has 100 valence electrons. The molecule has 0 aliphatic heterocycles. The van der Waals surface area contributed by atoms with Gasteiger partial charge in [-0.1, -0.05) is 56.0 Å². The maximum Gasteiger partial charge on any atom is 0.166 e. The van der Waals surface area contributed by atoms with Crippen LogP contribution in [0.5, 0.6) is 0 Å². The summed E-state index contributed by atoms with van der Waals surface area (Å²) < 4.78 is 0. The molecule has 1 aromatic rings. The van der Waals surface area contributed by atoms with E-state index in [4.69, 9.17) is 0 Å². The standard InChI is InChI=1S/C17H17N3/c18-12-16(13-19)10-6-1-2-7-11-17(16,14-20)15-8-4-3-5-9-15/h3-5,8-9H,1-2,6-7,10-11H2. The second-order valence-corrected chi connectivity index (χ2v) is 5.43. The van der Waals surface area contributed by atoms with Crippen LogP contribution in [0.1, 0.15) is 44.1 Å². The smallest absolute Gasteiger partial charge is 0.166 e. The van der Waals surface area contributed by atoms with Gasteiger partial charge >= 0.3 is 0 Å². The highest BCUT2D eigenvalue weighted by molar-refractivity contribution is 5.43. The highest BCUT2D eigenvalue weighted by Crippen LogP contribution is 2.49. The minimum Gasteiger partial charge on any atom is -0.197 e. The lowest BCUT2D eigenvalue weighted by molar-refractivity contribution is 0.250. The van der Waals surface area contributed by atoms with Gasteiger partial charge in [0.05, 0.1) is 18.2 Å². The number of benzene rings is 1. The zero-order valence-electron chi connectivity index (χ0n) is 11.5. The van der Waals surface area contributed by atoms with Gasteiger partial charge in [0.15, 0.2) is 5.41 Å². The average molecular weight is 263 g/mol. The van der Waals surface area contributed by atoms with Crippen molar-refractivity contribution in [2.75, 3.05) is 0 Å². The largest absolute Gasteiger partial charge is 0.197 e. The Kier molecular flexibility index (Phi) is 4.07. The van der Waals surface area contributed by atoms with Crippen LogP contribution in [0.3, 0.4) is 0 Å². The van der Waals surface area contributed by atoms with E-state index >= 15 is 0 Å². The molecule has 2 rings (SSSR count). The molecule has 20 heavy (non-hydrogen) atoms. The first-order valence-electron chi connectivity index (χ1n) is 7.04. The van der Waals surface area contributed by atoms with Crippen molar-refractivity contribution in [1.82, 2.24) is 0 Å². The fourth-order valence-electron chi connectivity index (χ4n) is 3.22. The third-order valence-corrected chi connectivity index (χ3v) is 4.42. The summed E-state index contributed by atoms with van der Waals surface area (Å²) in [6.07, 6.45) is 4.85. The van der Waals surface area contributed by atoms with Crippen molar-refractivity contribution in [3.63, 3.8) is 0 Å². The van der Waals surface area contributed by atoms with Crippen molar-refractivity contribution in [2.24, 2.45) is 5.41 Å². The normalized spacial score (nSPS) is 25.2. The van der Waals surface area contributed by atoms with E-state index in [-0.39, 0.29) is 0 Å². The van der Waals surface area contributed by atoms with Gasteiger partial charge in [-0.15, -0.1) is 0 Å². The first-order chi connectivity index (χ1) is 9.74. The first kappa shape index (κ1) is 14.1. The molecule has 1 unspecified atom stereocenters. The molecule has 0 radical (unpaired) electrons. The van der Waals surface area contributed by atoms with E-state index in [2.05, 4.69) is 18.2 Å². The molecular weight excluding hydrogens is 246 g/mol. The highest BCUT2D eigenvalue weighted by atomic mass is 14.6. The minimum atomic E-state index is -1.25. The van der Waals surface area contributed by atoms with Crippen LogP contribution in [0.25, 0.3) is 0 Å². The Morgan fingerprint density at radius 3 is 1.90 bits per heavy atom. The molecule has 0 heterocycles. The molecule has 0 saturated heterocycles. The van der Waals surface area contributed by atoms with Crippen molar-refractivity contribution < 1.29 is 0 Å². The van der Waals surface area contributed by atoms with Crippen LogP contribution in [0.15, 0.2) is 30.3 Å². The summed E-state index contributed by atoms with van der Waals surface area (Å²) in [5.74, 6) is 0. The molecule has 1 atom stereocenters. The van der Waals surface area contributed by atoms with Crippen LogP contribution in [-0.4, -0.2) is 0 Å². The second kappa shape index (κ2) is 5.77. The lowest BCUT2D eigenvalue weighted by Gasteiger charge is -2.39. The number of rotatable bonds is 1. The van der Waals surface area contributed by atoms with Crippen molar-refractivity contribution >= 4 is 0 Å². The molecule has 1 aliphatic carbocycles. The Bertz CT molecular complexity index is 571. The van der Waals surface area contributed by atoms with Gasteiger partial charge in [-0.05, 0) is 18.4 Å². The number of nitrogens with zero attached hydrogens (tertiary/aromatic N) is 3. The summed E-state index contributed by atoms with van der Waals surface area (Å²) in [6, 6.07) is 16.1. The summed E-state index contributed by atoms with van der Waals surface area (Å²) >= 11 is 0. The van der Waals surface area contributed by atoms with Crippen LogP contribution < -0.4 is 0 Å². The van der Waals surface area contributed by atoms with Crippen LogP contribution >= 0.6 is 0 Å². The van der Waals surface area contributed by atoms with Crippen molar-refractivity contribution in [3.05, 3.63) is 35.9 Å². The fourth-order valence-corrected chi connectivity index (χ4v) is 3.22. The molecule has 0 amide bonds. The van der Waals surface area contributed by atoms with Gasteiger partial charge in [0, 0.05) is 0 Å². The summed E-state index contributed by atoms with van der Waals surface area (Å²) in [7, 11) is 0. The van der Waals surface area contributed by atoms with Crippen LogP contribution in [0.4, 0.5) is 0 Å². The zero-order chi connectivity index (χ0) is 14.5. The van der Waals surface area contributed by atoms with Crippen molar-refractivity contribution in [3.8, 4) is 18.2 Å². The molecule has 3 nitrogen and oxygen atoms in total. The van der Waals surface area contributed by atoms with Gasteiger partial charge in [0.1, 0.15) is 5.41 Å². The molecule has 0 aromatic heterocycles. The van der Waals surface area contributed by atoms with Crippen LogP contribution in [-0.2, 0) is 5.41 Å². The summed E-state index contributed by atoms with van der Waals surface area (Å²) in [5, 5.41) is 29.2. The molecule has 0 N–H and O–H groups in total. The Labute approximate surface area is 120 Å². The maximum absolute atomic E-state index is 9.86. The van der Waals surface area contributed by atoms with E-state index in [0.717, 1.165) is 31.2 Å². The van der Waals surface area contributed by atoms with Gasteiger partial charge in [0.25, 0.3) is 0 Å². The lowest BCUT2D eigenvalue weighted by atomic mass is 9.57. The summed E-state index contributed by atoms with van der Waals surface area (Å²) in [6.45, 7) is 0. The fraction of sp³-hybridized carbons (Fsp3) is 0.471. The summed E-state index contributed by atoms with van der Waals surface area (Å²) in [5.41, 5.74) is -1.46. The number of hydrogen-bond donors (Lipinski definition) is 0. The average Bonchev–Trinajstić information content (AvgIpc) is 2.50. The molecule has 1 fully saturated rings. The maximum atomic E-state index is 9.86. The Morgan fingerprint density at radius 2 is 1.35 bits per heavy atom. The van der Waals surface area contributed by atoms with E-state index in [9.17, 15) is 15.8 Å².